The number of alkyl halides is 3. The van der Waals surface area contributed by atoms with Crippen LogP contribution in [-0.4, -0.2) is 24.4 Å². The first-order valence-corrected chi connectivity index (χ1v) is 9.20. The van der Waals surface area contributed by atoms with Crippen molar-refractivity contribution in [3.63, 3.8) is 0 Å². The van der Waals surface area contributed by atoms with Gasteiger partial charge in [0.05, 0.1) is 16.3 Å². The van der Waals surface area contributed by atoms with E-state index >= 15 is 0 Å². The molecule has 0 heterocycles. The predicted octanol–water partition coefficient (Wildman–Crippen LogP) is 4.65. The highest BCUT2D eigenvalue weighted by Gasteiger charge is 2.31. The molecule has 0 aliphatic heterocycles. The molecule has 10 heteroatoms. The quantitative estimate of drug-likeness (QED) is 0.583. The number of rotatable bonds is 8. The molecule has 2 amide bonds. The molecule has 0 radical (unpaired) electrons. The zero-order chi connectivity index (χ0) is 22.1. The molecule has 0 aliphatic rings. The first kappa shape index (κ1) is 23.2. The zero-order valence-electron chi connectivity index (χ0n) is 15.6. The standard InChI is InChI=1S/C20H18ClF3N2O4/c21-15-10-9-13(20(22,23)24)11-16(15)26-18(28)12-30-19(29)8-4-7-17(27)25-14-5-2-1-3-6-14/h1-3,5-6,9-11H,4,7-8,12H2,(H,25,27)(H,26,28). The minimum atomic E-state index is -4.59. The Labute approximate surface area is 175 Å². The topological polar surface area (TPSA) is 84.5 Å². The van der Waals surface area contributed by atoms with E-state index in [1.54, 1.807) is 24.3 Å². The van der Waals surface area contributed by atoms with Crippen molar-refractivity contribution in [2.24, 2.45) is 0 Å². The number of carbonyl (C=O) groups is 3. The lowest BCUT2D eigenvalue weighted by molar-refractivity contribution is -0.147. The summed E-state index contributed by atoms with van der Waals surface area (Å²) >= 11 is 5.78. The van der Waals surface area contributed by atoms with E-state index in [0.717, 1.165) is 12.1 Å². The van der Waals surface area contributed by atoms with Crippen molar-refractivity contribution in [3.05, 3.63) is 59.1 Å². The summed E-state index contributed by atoms with van der Waals surface area (Å²) in [5, 5.41) is 4.74. The van der Waals surface area contributed by atoms with Crippen molar-refractivity contribution in [2.75, 3.05) is 17.2 Å². The van der Waals surface area contributed by atoms with Gasteiger partial charge in [0.1, 0.15) is 0 Å². The number of para-hydroxylation sites is 1. The summed E-state index contributed by atoms with van der Waals surface area (Å²) in [6.07, 6.45) is -4.41. The average molecular weight is 443 g/mol. The number of nitrogens with one attached hydrogen (secondary N) is 2. The van der Waals surface area contributed by atoms with Gasteiger partial charge in [-0.05, 0) is 36.8 Å². The van der Waals surface area contributed by atoms with Gasteiger partial charge in [0.2, 0.25) is 5.91 Å². The Morgan fingerprint density at radius 3 is 2.30 bits per heavy atom. The molecule has 0 spiro atoms. The zero-order valence-corrected chi connectivity index (χ0v) is 16.3. The summed E-state index contributed by atoms with van der Waals surface area (Å²) in [5.74, 6) is -1.83. The van der Waals surface area contributed by atoms with Crippen LogP contribution >= 0.6 is 11.6 Å². The maximum Gasteiger partial charge on any atom is 0.416 e. The first-order chi connectivity index (χ1) is 14.1. The molecule has 0 aliphatic carbocycles. The fourth-order valence-electron chi connectivity index (χ4n) is 2.34. The molecule has 6 nitrogen and oxygen atoms in total. The Balaban J connectivity index is 1.72. The van der Waals surface area contributed by atoms with E-state index in [1.165, 1.54) is 0 Å². The Kier molecular flexibility index (Phi) is 8.23. The van der Waals surface area contributed by atoms with E-state index in [4.69, 9.17) is 16.3 Å². The molecule has 30 heavy (non-hydrogen) atoms. The van der Waals surface area contributed by atoms with Gasteiger partial charge < -0.3 is 15.4 Å². The Hall–Kier alpha value is -3.07. The molecule has 2 rings (SSSR count). The van der Waals surface area contributed by atoms with Crippen LogP contribution in [0.2, 0.25) is 5.02 Å². The first-order valence-electron chi connectivity index (χ1n) is 8.82. The minimum Gasteiger partial charge on any atom is -0.456 e. The van der Waals surface area contributed by atoms with Gasteiger partial charge in [-0.2, -0.15) is 13.2 Å². The van der Waals surface area contributed by atoms with Gasteiger partial charge in [-0.1, -0.05) is 29.8 Å². The molecular weight excluding hydrogens is 425 g/mol. The van der Waals surface area contributed by atoms with E-state index in [0.29, 0.717) is 11.8 Å². The van der Waals surface area contributed by atoms with Crippen molar-refractivity contribution < 1.29 is 32.3 Å². The summed E-state index contributed by atoms with van der Waals surface area (Å²) in [6, 6.07) is 11.3. The molecule has 0 saturated heterocycles. The maximum atomic E-state index is 12.7. The second kappa shape index (κ2) is 10.6. The van der Waals surface area contributed by atoms with E-state index in [1.807, 2.05) is 6.07 Å². The highest BCUT2D eigenvalue weighted by molar-refractivity contribution is 6.33. The van der Waals surface area contributed by atoms with Crippen LogP contribution < -0.4 is 10.6 Å². The van der Waals surface area contributed by atoms with Gasteiger partial charge in [0.25, 0.3) is 5.91 Å². The van der Waals surface area contributed by atoms with Crippen molar-refractivity contribution in [2.45, 2.75) is 25.4 Å². The number of benzene rings is 2. The summed E-state index contributed by atoms with van der Waals surface area (Å²) in [7, 11) is 0. The molecule has 2 N–H and O–H groups in total. The normalized spacial score (nSPS) is 10.9. The monoisotopic (exact) mass is 442 g/mol. The smallest absolute Gasteiger partial charge is 0.416 e. The second-order valence-corrected chi connectivity index (χ2v) is 6.58. The van der Waals surface area contributed by atoms with Gasteiger partial charge >= 0.3 is 12.1 Å². The third-order valence-corrected chi connectivity index (χ3v) is 4.10. The van der Waals surface area contributed by atoms with E-state index in [2.05, 4.69) is 10.6 Å². The minimum absolute atomic E-state index is 0.0794. The molecule has 0 unspecified atom stereocenters. The highest BCUT2D eigenvalue weighted by atomic mass is 35.5. The van der Waals surface area contributed by atoms with Gasteiger partial charge in [0.15, 0.2) is 6.61 Å². The number of halogens is 4. The molecule has 0 atom stereocenters. The lowest BCUT2D eigenvalue weighted by Gasteiger charge is -2.12. The SMILES string of the molecule is O=C(CCCC(=O)OCC(=O)Nc1cc(C(F)(F)F)ccc1Cl)Nc1ccccc1. The summed E-state index contributed by atoms with van der Waals surface area (Å²) in [5.41, 5.74) is -0.590. The van der Waals surface area contributed by atoms with Crippen molar-refractivity contribution in [3.8, 4) is 0 Å². The number of esters is 1. The fourth-order valence-corrected chi connectivity index (χ4v) is 2.50. The molecule has 0 aromatic heterocycles. The largest absolute Gasteiger partial charge is 0.456 e. The molecule has 0 fully saturated rings. The van der Waals surface area contributed by atoms with E-state index in [-0.39, 0.29) is 35.9 Å². The van der Waals surface area contributed by atoms with Crippen molar-refractivity contribution in [1.82, 2.24) is 0 Å². The average Bonchev–Trinajstić information content (AvgIpc) is 2.68. The Morgan fingerprint density at radius 1 is 0.933 bits per heavy atom. The van der Waals surface area contributed by atoms with Crippen LogP contribution in [0.3, 0.4) is 0 Å². The predicted molar refractivity (Wildman–Crippen MR) is 105 cm³/mol. The van der Waals surface area contributed by atoms with Crippen LogP contribution in [0.25, 0.3) is 0 Å². The lowest BCUT2D eigenvalue weighted by Crippen LogP contribution is -2.21. The Bertz CT molecular complexity index is 905. The summed E-state index contributed by atoms with van der Waals surface area (Å²) in [4.78, 5) is 35.3. The van der Waals surface area contributed by atoms with Crippen LogP contribution in [0.15, 0.2) is 48.5 Å². The number of carbonyl (C=O) groups excluding carboxylic acids is 3. The third kappa shape index (κ3) is 7.75. The number of hydrogen-bond donors (Lipinski definition) is 2. The van der Waals surface area contributed by atoms with Crippen LogP contribution in [0.5, 0.6) is 0 Å². The summed E-state index contributed by atoms with van der Waals surface area (Å²) < 4.78 is 43.0. The van der Waals surface area contributed by atoms with Gasteiger partial charge in [-0.15, -0.1) is 0 Å². The van der Waals surface area contributed by atoms with Gasteiger partial charge in [-0.25, -0.2) is 0 Å². The molecule has 0 bridgehead atoms. The fraction of sp³-hybridized carbons (Fsp3) is 0.250. The maximum absolute atomic E-state index is 12.7. The van der Waals surface area contributed by atoms with Crippen LogP contribution in [-0.2, 0) is 25.3 Å². The van der Waals surface area contributed by atoms with E-state index in [9.17, 15) is 27.6 Å². The summed E-state index contributed by atoms with van der Waals surface area (Å²) in [6.45, 7) is -0.693. The molecule has 0 saturated carbocycles. The number of amides is 2. The number of anilines is 2. The number of ether oxygens (including phenoxy) is 1. The van der Waals surface area contributed by atoms with E-state index < -0.39 is 30.2 Å². The molecule has 2 aromatic rings. The van der Waals surface area contributed by atoms with Gasteiger partial charge in [-0.3, -0.25) is 14.4 Å². The molecule has 160 valence electrons. The van der Waals surface area contributed by atoms with Crippen molar-refractivity contribution >= 4 is 40.8 Å². The molecule has 2 aromatic carbocycles. The third-order valence-electron chi connectivity index (χ3n) is 3.77. The number of hydrogen-bond acceptors (Lipinski definition) is 4. The van der Waals surface area contributed by atoms with Crippen LogP contribution in [0.4, 0.5) is 24.5 Å². The van der Waals surface area contributed by atoms with Crippen LogP contribution in [0.1, 0.15) is 24.8 Å². The second-order valence-electron chi connectivity index (χ2n) is 6.17. The highest BCUT2D eigenvalue weighted by Crippen LogP contribution is 2.33. The van der Waals surface area contributed by atoms with Gasteiger partial charge in [0, 0.05) is 18.5 Å². The van der Waals surface area contributed by atoms with Crippen molar-refractivity contribution in [1.29, 1.82) is 0 Å². The lowest BCUT2D eigenvalue weighted by atomic mass is 10.2. The molecular formula is C20H18ClF3N2O4. The van der Waals surface area contributed by atoms with Crippen LogP contribution in [0, 0.1) is 0 Å². The Morgan fingerprint density at radius 2 is 1.63 bits per heavy atom.